The normalized spacial score (nSPS) is 13.2. The van der Waals surface area contributed by atoms with Gasteiger partial charge in [-0.2, -0.15) is 5.10 Å². The molecule has 1 unspecified atom stereocenters. The van der Waals surface area contributed by atoms with Crippen molar-refractivity contribution in [2.45, 2.75) is 39.0 Å². The second-order valence-corrected chi connectivity index (χ2v) is 7.29. The van der Waals surface area contributed by atoms with Crippen LogP contribution in [0.25, 0.3) is 11.3 Å². The number of rotatable bonds is 8. The fourth-order valence-electron chi connectivity index (χ4n) is 2.86. The number of halogens is 1. The zero-order chi connectivity index (χ0) is 20.1. The Labute approximate surface area is 169 Å². The largest absolute Gasteiger partial charge is 0.479 e. The van der Waals surface area contributed by atoms with Crippen LogP contribution in [0.5, 0.6) is 0 Å². The third kappa shape index (κ3) is 4.61. The third-order valence-corrected chi connectivity index (χ3v) is 5.02. The van der Waals surface area contributed by atoms with Crippen molar-refractivity contribution in [1.29, 1.82) is 0 Å². The number of benzene rings is 2. The molecule has 0 aliphatic heterocycles. The molecule has 0 saturated heterocycles. The van der Waals surface area contributed by atoms with Crippen LogP contribution in [0.4, 0.5) is 0 Å². The van der Waals surface area contributed by atoms with Crippen molar-refractivity contribution in [3.05, 3.63) is 76.9 Å². The van der Waals surface area contributed by atoms with Gasteiger partial charge in [0, 0.05) is 5.02 Å². The molecule has 3 rings (SSSR count). The molecule has 1 heterocycles. The van der Waals surface area contributed by atoms with E-state index in [2.05, 4.69) is 5.10 Å². The zero-order valence-electron chi connectivity index (χ0n) is 15.9. The van der Waals surface area contributed by atoms with Gasteiger partial charge in [-0.05, 0) is 42.7 Å². The summed E-state index contributed by atoms with van der Waals surface area (Å²) in [5, 5.41) is 14.7. The Balaban J connectivity index is 1.90. The summed E-state index contributed by atoms with van der Waals surface area (Å²) in [6.07, 6.45) is 0.372. The molecule has 1 atom stereocenters. The molecule has 0 aliphatic rings. The number of aromatic nitrogens is 2. The van der Waals surface area contributed by atoms with Crippen molar-refractivity contribution in [2.24, 2.45) is 0 Å². The van der Waals surface area contributed by atoms with Crippen molar-refractivity contribution in [2.75, 3.05) is 0 Å². The molecular weight excluding hydrogens is 376 g/mol. The average molecular weight is 399 g/mol. The molecule has 2 aromatic carbocycles. The highest BCUT2D eigenvalue weighted by Crippen LogP contribution is 2.24. The smallest absolute Gasteiger partial charge is 0.335 e. The molecule has 3 aromatic rings. The lowest BCUT2D eigenvalue weighted by Crippen LogP contribution is -2.37. The van der Waals surface area contributed by atoms with Crippen LogP contribution < -0.4 is 0 Å². The van der Waals surface area contributed by atoms with E-state index in [-0.39, 0.29) is 6.61 Å². The zero-order valence-corrected chi connectivity index (χ0v) is 16.7. The Kier molecular flexibility index (Phi) is 6.17. The van der Waals surface area contributed by atoms with E-state index in [1.807, 2.05) is 65.3 Å². The van der Waals surface area contributed by atoms with E-state index in [4.69, 9.17) is 16.3 Å². The predicted molar refractivity (Wildman–Crippen MR) is 109 cm³/mol. The number of carboxylic acid groups (broad SMARTS) is 1. The summed E-state index contributed by atoms with van der Waals surface area (Å²) in [6.45, 7) is 4.05. The predicted octanol–water partition coefficient (Wildman–Crippen LogP) is 5.02. The SMILES string of the molecule is CCC(C)(OCc1cc(-c2ccccc2)n(Cc2cccc(Cl)c2)n1)C(=O)O. The molecule has 0 amide bonds. The lowest BCUT2D eigenvalue weighted by Gasteiger charge is -2.22. The standard InChI is InChI=1S/C22H23ClN2O3/c1-3-22(2,21(26)27)28-15-19-13-20(17-9-5-4-6-10-17)25(24-19)14-16-8-7-11-18(23)12-16/h4-13H,3,14-15H2,1-2H3,(H,26,27). The Bertz CT molecular complexity index is 955. The monoisotopic (exact) mass is 398 g/mol. The molecule has 0 aliphatic carbocycles. The Morgan fingerprint density at radius 2 is 1.93 bits per heavy atom. The Hall–Kier alpha value is -2.63. The number of nitrogens with zero attached hydrogens (tertiary/aromatic N) is 2. The van der Waals surface area contributed by atoms with Crippen LogP contribution >= 0.6 is 11.6 Å². The Morgan fingerprint density at radius 1 is 1.18 bits per heavy atom. The minimum absolute atomic E-state index is 0.124. The fraction of sp³-hybridized carbons (Fsp3) is 0.273. The van der Waals surface area contributed by atoms with Gasteiger partial charge in [-0.15, -0.1) is 0 Å². The van der Waals surface area contributed by atoms with Crippen LogP contribution in [0.2, 0.25) is 5.02 Å². The van der Waals surface area contributed by atoms with Crippen molar-refractivity contribution in [3.63, 3.8) is 0 Å². The highest BCUT2D eigenvalue weighted by Gasteiger charge is 2.32. The molecule has 6 heteroatoms. The first-order chi connectivity index (χ1) is 13.4. The van der Waals surface area contributed by atoms with Crippen LogP contribution in [0.15, 0.2) is 60.7 Å². The number of carboxylic acids is 1. The van der Waals surface area contributed by atoms with Gasteiger partial charge in [-0.3, -0.25) is 4.68 Å². The van der Waals surface area contributed by atoms with E-state index >= 15 is 0 Å². The van der Waals surface area contributed by atoms with Crippen LogP contribution in [0.1, 0.15) is 31.5 Å². The lowest BCUT2D eigenvalue weighted by molar-refractivity contribution is -0.165. The lowest BCUT2D eigenvalue weighted by atomic mass is 10.0. The molecule has 5 nitrogen and oxygen atoms in total. The number of carbonyl (C=O) groups is 1. The molecule has 0 radical (unpaired) electrons. The van der Waals surface area contributed by atoms with Crippen LogP contribution in [0, 0.1) is 0 Å². The first-order valence-corrected chi connectivity index (χ1v) is 9.53. The maximum Gasteiger partial charge on any atom is 0.335 e. The van der Waals surface area contributed by atoms with Gasteiger partial charge in [-0.1, -0.05) is 61.0 Å². The third-order valence-electron chi connectivity index (χ3n) is 4.79. The van der Waals surface area contributed by atoms with Gasteiger partial charge in [0.05, 0.1) is 24.5 Å². The molecule has 0 fully saturated rings. The highest BCUT2D eigenvalue weighted by atomic mass is 35.5. The van der Waals surface area contributed by atoms with E-state index in [0.717, 1.165) is 16.8 Å². The summed E-state index contributed by atoms with van der Waals surface area (Å²) >= 11 is 6.11. The first-order valence-electron chi connectivity index (χ1n) is 9.15. The highest BCUT2D eigenvalue weighted by molar-refractivity contribution is 6.30. The van der Waals surface area contributed by atoms with Gasteiger partial charge in [0.15, 0.2) is 5.60 Å². The van der Waals surface area contributed by atoms with Crippen LogP contribution in [-0.2, 0) is 22.7 Å². The van der Waals surface area contributed by atoms with E-state index in [1.165, 1.54) is 0 Å². The Morgan fingerprint density at radius 3 is 2.57 bits per heavy atom. The average Bonchev–Trinajstić information content (AvgIpc) is 3.09. The minimum atomic E-state index is -1.23. The van der Waals surface area contributed by atoms with E-state index in [0.29, 0.717) is 23.7 Å². The van der Waals surface area contributed by atoms with Crippen molar-refractivity contribution >= 4 is 17.6 Å². The topological polar surface area (TPSA) is 64.4 Å². The first kappa shape index (κ1) is 20.1. The maximum atomic E-state index is 11.5. The molecule has 0 bridgehead atoms. The molecule has 146 valence electrons. The number of aliphatic carboxylic acids is 1. The minimum Gasteiger partial charge on any atom is -0.479 e. The molecule has 1 N–H and O–H groups in total. The summed E-state index contributed by atoms with van der Waals surface area (Å²) in [6, 6.07) is 19.5. The van der Waals surface area contributed by atoms with E-state index in [1.54, 1.807) is 13.8 Å². The van der Waals surface area contributed by atoms with Gasteiger partial charge in [0.25, 0.3) is 0 Å². The van der Waals surface area contributed by atoms with E-state index < -0.39 is 11.6 Å². The van der Waals surface area contributed by atoms with Gasteiger partial charge in [0.2, 0.25) is 0 Å². The van der Waals surface area contributed by atoms with Crippen molar-refractivity contribution < 1.29 is 14.6 Å². The van der Waals surface area contributed by atoms with Gasteiger partial charge in [0.1, 0.15) is 0 Å². The van der Waals surface area contributed by atoms with Gasteiger partial charge in [-0.25, -0.2) is 4.79 Å². The summed E-state index contributed by atoms with van der Waals surface area (Å²) in [5.41, 5.74) is 2.45. The van der Waals surface area contributed by atoms with Gasteiger partial charge >= 0.3 is 5.97 Å². The van der Waals surface area contributed by atoms with Crippen LogP contribution in [-0.4, -0.2) is 26.5 Å². The number of hydrogen-bond donors (Lipinski definition) is 1. The summed E-state index contributed by atoms with van der Waals surface area (Å²) < 4.78 is 7.60. The molecule has 0 spiro atoms. The summed E-state index contributed by atoms with van der Waals surface area (Å²) in [7, 11) is 0. The quantitative estimate of drug-likeness (QED) is 0.578. The number of ether oxygens (including phenoxy) is 1. The summed E-state index contributed by atoms with van der Waals surface area (Å²) in [5.74, 6) is -0.975. The fourth-order valence-corrected chi connectivity index (χ4v) is 3.07. The van der Waals surface area contributed by atoms with Gasteiger partial charge < -0.3 is 9.84 Å². The molecule has 28 heavy (non-hydrogen) atoms. The van der Waals surface area contributed by atoms with Crippen LogP contribution in [0.3, 0.4) is 0 Å². The van der Waals surface area contributed by atoms with Crippen molar-refractivity contribution in [3.8, 4) is 11.3 Å². The second kappa shape index (κ2) is 8.59. The summed E-state index contributed by atoms with van der Waals surface area (Å²) in [4.78, 5) is 11.5. The molecule has 0 saturated carbocycles. The molecular formula is C22H23ClN2O3. The number of hydrogen-bond acceptors (Lipinski definition) is 3. The van der Waals surface area contributed by atoms with E-state index in [9.17, 15) is 9.90 Å². The second-order valence-electron chi connectivity index (χ2n) is 6.85. The van der Waals surface area contributed by atoms with Crippen molar-refractivity contribution in [1.82, 2.24) is 9.78 Å². The maximum absolute atomic E-state index is 11.5. The molecule has 1 aromatic heterocycles.